The summed E-state index contributed by atoms with van der Waals surface area (Å²) in [6.07, 6.45) is -1.93. The molecule has 0 spiro atoms. The van der Waals surface area contributed by atoms with E-state index in [0.717, 1.165) is 6.07 Å². The first-order valence-electron chi connectivity index (χ1n) is 9.20. The van der Waals surface area contributed by atoms with E-state index in [9.17, 15) is 22.4 Å². The average molecular weight is 405 g/mol. The molecule has 2 atom stereocenters. The fraction of sp³-hybridized carbons (Fsp3) is 0.667. The van der Waals surface area contributed by atoms with Crippen LogP contribution in [0.4, 0.5) is 17.6 Å². The van der Waals surface area contributed by atoms with Crippen LogP contribution in [0.15, 0.2) is 6.07 Å². The maximum absolute atomic E-state index is 14.4. The molecule has 6 nitrogen and oxygen atoms in total. The predicted octanol–water partition coefficient (Wildman–Crippen LogP) is 2.50. The van der Waals surface area contributed by atoms with Crippen LogP contribution in [0.25, 0.3) is 0 Å². The van der Waals surface area contributed by atoms with E-state index < -0.39 is 36.0 Å². The number of hydrogen-bond donors (Lipinski definition) is 2. The van der Waals surface area contributed by atoms with Gasteiger partial charge in [0.1, 0.15) is 12.3 Å². The normalized spacial score (nSPS) is 24.8. The molecule has 0 aromatic carbocycles. The molecule has 0 radical (unpaired) electrons. The van der Waals surface area contributed by atoms with Crippen LogP contribution in [-0.4, -0.2) is 48.8 Å². The summed E-state index contributed by atoms with van der Waals surface area (Å²) in [5.41, 5.74) is 0.283. The molecule has 2 unspecified atom stereocenters. The van der Waals surface area contributed by atoms with Crippen molar-refractivity contribution in [2.75, 3.05) is 13.7 Å². The van der Waals surface area contributed by atoms with E-state index in [1.54, 1.807) is 0 Å². The van der Waals surface area contributed by atoms with Gasteiger partial charge >= 0.3 is 0 Å². The second-order valence-electron chi connectivity index (χ2n) is 7.13. The van der Waals surface area contributed by atoms with Crippen molar-refractivity contribution in [2.24, 2.45) is 0 Å². The van der Waals surface area contributed by atoms with Crippen molar-refractivity contribution in [3.63, 3.8) is 0 Å². The second-order valence-corrected chi connectivity index (χ2v) is 7.13. The summed E-state index contributed by atoms with van der Waals surface area (Å²) in [5.74, 6) is -4.14. The zero-order valence-electron chi connectivity index (χ0n) is 15.4. The van der Waals surface area contributed by atoms with Crippen molar-refractivity contribution < 1.29 is 31.8 Å². The summed E-state index contributed by atoms with van der Waals surface area (Å²) in [5, 5.41) is 5.36. The highest BCUT2D eigenvalue weighted by molar-refractivity contribution is 5.82. The number of rotatable bonds is 6. The number of carbonyl (C=O) groups is 1. The molecule has 1 aliphatic heterocycles. The molecule has 2 heterocycles. The van der Waals surface area contributed by atoms with E-state index in [0.29, 0.717) is 0 Å². The van der Waals surface area contributed by atoms with Crippen LogP contribution in [0.5, 0.6) is 11.8 Å². The first kappa shape index (κ1) is 20.6. The fourth-order valence-corrected chi connectivity index (χ4v) is 3.37. The van der Waals surface area contributed by atoms with Gasteiger partial charge in [0.25, 0.3) is 5.88 Å². The van der Waals surface area contributed by atoms with Crippen molar-refractivity contribution >= 4 is 5.91 Å². The molecule has 1 aromatic heterocycles. The Hall–Kier alpha value is -2.10. The molecular formula is C18H23F4N3O3. The number of aromatic nitrogens is 1. The highest BCUT2D eigenvalue weighted by Gasteiger charge is 2.36. The van der Waals surface area contributed by atoms with Gasteiger partial charge in [-0.1, -0.05) is 0 Å². The van der Waals surface area contributed by atoms with Crippen molar-refractivity contribution in [3.8, 4) is 11.8 Å². The SMILES string of the molecule is COc1nc(OC2CCC(F)(F)CC2)c(F)cc1CNC(=O)C1CC(F)CN1. The van der Waals surface area contributed by atoms with Crippen molar-refractivity contribution in [3.05, 3.63) is 17.4 Å². The van der Waals surface area contributed by atoms with Crippen LogP contribution >= 0.6 is 0 Å². The van der Waals surface area contributed by atoms with E-state index in [2.05, 4.69) is 15.6 Å². The number of pyridine rings is 1. The lowest BCUT2D eigenvalue weighted by atomic mass is 9.94. The fourth-order valence-electron chi connectivity index (χ4n) is 3.37. The molecule has 28 heavy (non-hydrogen) atoms. The summed E-state index contributed by atoms with van der Waals surface area (Å²) in [7, 11) is 1.34. The van der Waals surface area contributed by atoms with Crippen LogP contribution in [0, 0.1) is 5.82 Å². The largest absolute Gasteiger partial charge is 0.481 e. The van der Waals surface area contributed by atoms with Crippen LogP contribution in [0.3, 0.4) is 0 Å². The van der Waals surface area contributed by atoms with Gasteiger partial charge in [-0.05, 0) is 18.9 Å². The second kappa shape index (κ2) is 8.50. The molecule has 1 aliphatic carbocycles. The summed E-state index contributed by atoms with van der Waals surface area (Å²) < 4.78 is 64.6. The molecule has 2 aliphatic rings. The number of nitrogens with one attached hydrogen (secondary N) is 2. The molecule has 1 saturated heterocycles. The van der Waals surface area contributed by atoms with Gasteiger partial charge in [0, 0.05) is 37.9 Å². The van der Waals surface area contributed by atoms with E-state index in [4.69, 9.17) is 9.47 Å². The third kappa shape index (κ3) is 5.03. The number of nitrogens with zero attached hydrogens (tertiary/aromatic N) is 1. The minimum Gasteiger partial charge on any atom is -0.481 e. The van der Waals surface area contributed by atoms with Gasteiger partial charge in [0.15, 0.2) is 5.82 Å². The van der Waals surface area contributed by atoms with Gasteiger partial charge in [-0.3, -0.25) is 4.79 Å². The van der Waals surface area contributed by atoms with E-state index in [1.807, 2.05) is 0 Å². The Morgan fingerprint density at radius 2 is 2.07 bits per heavy atom. The van der Waals surface area contributed by atoms with Crippen molar-refractivity contribution in [1.29, 1.82) is 0 Å². The molecule has 1 saturated carbocycles. The Morgan fingerprint density at radius 1 is 1.36 bits per heavy atom. The Labute approximate surface area is 160 Å². The number of ether oxygens (including phenoxy) is 2. The smallest absolute Gasteiger partial charge is 0.254 e. The molecule has 0 bridgehead atoms. The molecule has 1 amide bonds. The standard InChI is InChI=1S/C18H23F4N3O3/c1-27-16-10(8-24-15(26)14-7-11(19)9-23-14)6-13(20)17(25-16)28-12-2-4-18(21,22)5-3-12/h6,11-12,14,23H,2-5,7-9H2,1H3,(H,24,26). The summed E-state index contributed by atoms with van der Waals surface area (Å²) in [6, 6.07) is 0.490. The summed E-state index contributed by atoms with van der Waals surface area (Å²) in [6.45, 7) is 0.0632. The molecule has 1 aromatic rings. The van der Waals surface area contributed by atoms with E-state index >= 15 is 0 Å². The van der Waals surface area contributed by atoms with Gasteiger partial charge < -0.3 is 20.1 Å². The first-order valence-corrected chi connectivity index (χ1v) is 9.20. The van der Waals surface area contributed by atoms with Gasteiger partial charge in [0.05, 0.1) is 13.2 Å². The predicted molar refractivity (Wildman–Crippen MR) is 91.7 cm³/mol. The summed E-state index contributed by atoms with van der Waals surface area (Å²) >= 11 is 0. The number of methoxy groups -OCH3 is 1. The molecule has 10 heteroatoms. The zero-order valence-corrected chi connectivity index (χ0v) is 15.4. The molecule has 2 N–H and O–H groups in total. The third-order valence-corrected chi connectivity index (χ3v) is 4.97. The topological polar surface area (TPSA) is 72.5 Å². The summed E-state index contributed by atoms with van der Waals surface area (Å²) in [4.78, 5) is 16.0. The molecular weight excluding hydrogens is 382 g/mol. The quantitative estimate of drug-likeness (QED) is 0.712. The maximum Gasteiger partial charge on any atom is 0.254 e. The lowest BCUT2D eigenvalue weighted by molar-refractivity contribution is -0.123. The van der Waals surface area contributed by atoms with Crippen LogP contribution < -0.4 is 20.1 Å². The van der Waals surface area contributed by atoms with Gasteiger partial charge in [-0.25, -0.2) is 17.6 Å². The highest BCUT2D eigenvalue weighted by Crippen LogP contribution is 2.35. The molecule has 3 rings (SSSR count). The first-order chi connectivity index (χ1) is 13.3. The van der Waals surface area contributed by atoms with Crippen LogP contribution in [0.1, 0.15) is 37.7 Å². The Bertz CT molecular complexity index is 710. The minimum absolute atomic E-state index is 0.0561. The van der Waals surface area contributed by atoms with Gasteiger partial charge in [0.2, 0.25) is 17.7 Å². The maximum atomic E-state index is 14.4. The molecule has 156 valence electrons. The Kier molecular flexibility index (Phi) is 6.26. The highest BCUT2D eigenvalue weighted by atomic mass is 19.3. The number of amides is 1. The van der Waals surface area contributed by atoms with E-state index in [-0.39, 0.29) is 62.5 Å². The zero-order chi connectivity index (χ0) is 20.3. The Morgan fingerprint density at radius 3 is 2.68 bits per heavy atom. The lowest BCUT2D eigenvalue weighted by Crippen LogP contribution is -2.40. The number of halogens is 4. The van der Waals surface area contributed by atoms with Gasteiger partial charge in [-0.2, -0.15) is 4.98 Å². The monoisotopic (exact) mass is 405 g/mol. The third-order valence-electron chi connectivity index (χ3n) is 4.97. The number of carbonyl (C=O) groups excluding carboxylic acids is 1. The minimum atomic E-state index is -2.71. The van der Waals surface area contributed by atoms with E-state index in [1.165, 1.54) is 7.11 Å². The van der Waals surface area contributed by atoms with Crippen LogP contribution in [-0.2, 0) is 11.3 Å². The average Bonchev–Trinajstić information content (AvgIpc) is 3.09. The number of alkyl halides is 3. The lowest BCUT2D eigenvalue weighted by Gasteiger charge is -2.28. The molecule has 2 fully saturated rings. The number of hydrogen-bond acceptors (Lipinski definition) is 5. The van der Waals surface area contributed by atoms with Crippen molar-refractivity contribution in [2.45, 2.75) is 62.9 Å². The van der Waals surface area contributed by atoms with Crippen molar-refractivity contribution in [1.82, 2.24) is 15.6 Å². The van der Waals surface area contributed by atoms with Gasteiger partial charge in [-0.15, -0.1) is 0 Å². The Balaban J connectivity index is 1.62. The van der Waals surface area contributed by atoms with Crippen LogP contribution in [0.2, 0.25) is 0 Å².